The van der Waals surface area contributed by atoms with Crippen molar-refractivity contribution in [2.45, 2.75) is 39.1 Å². The van der Waals surface area contributed by atoms with Gasteiger partial charge < -0.3 is 9.47 Å². The second-order valence-corrected chi connectivity index (χ2v) is 4.39. The smallest absolute Gasteiger partial charge is 0.205 e. The molecular formula is C12H15FO2. The van der Waals surface area contributed by atoms with Crippen LogP contribution >= 0.6 is 0 Å². The van der Waals surface area contributed by atoms with Gasteiger partial charge in [-0.1, -0.05) is 0 Å². The Morgan fingerprint density at radius 1 is 1.40 bits per heavy atom. The Balaban J connectivity index is 2.41. The molecule has 1 aliphatic heterocycles. The third-order valence-corrected chi connectivity index (χ3v) is 2.37. The minimum Gasteiger partial charge on any atom is -0.463 e. The maximum atomic E-state index is 13.1. The van der Waals surface area contributed by atoms with Crippen molar-refractivity contribution < 1.29 is 13.9 Å². The predicted molar refractivity (Wildman–Crippen MR) is 55.4 cm³/mol. The third kappa shape index (κ3) is 2.29. The summed E-state index contributed by atoms with van der Waals surface area (Å²) >= 11 is 0. The summed E-state index contributed by atoms with van der Waals surface area (Å²) in [5.41, 5.74) is 0.869. The maximum Gasteiger partial charge on any atom is 0.205 e. The van der Waals surface area contributed by atoms with Crippen molar-refractivity contribution >= 4 is 0 Å². The Hall–Kier alpha value is -1.09. The highest BCUT2D eigenvalue weighted by Gasteiger charge is 2.28. The van der Waals surface area contributed by atoms with Gasteiger partial charge in [0.05, 0.1) is 6.10 Å². The van der Waals surface area contributed by atoms with Gasteiger partial charge in [0, 0.05) is 20.3 Å². The van der Waals surface area contributed by atoms with Crippen molar-refractivity contribution in [2.75, 3.05) is 0 Å². The molecule has 0 aromatic heterocycles. The van der Waals surface area contributed by atoms with Crippen LogP contribution in [0.3, 0.4) is 0 Å². The number of rotatable bonds is 0. The van der Waals surface area contributed by atoms with Gasteiger partial charge in [0.15, 0.2) is 0 Å². The first-order valence-corrected chi connectivity index (χ1v) is 5.11. The van der Waals surface area contributed by atoms with Crippen LogP contribution in [0.15, 0.2) is 18.2 Å². The van der Waals surface area contributed by atoms with E-state index in [-0.39, 0.29) is 11.9 Å². The Bertz CT molecular complexity index is 374. The van der Waals surface area contributed by atoms with E-state index in [1.54, 1.807) is 6.07 Å². The van der Waals surface area contributed by atoms with E-state index < -0.39 is 5.79 Å². The van der Waals surface area contributed by atoms with Crippen LogP contribution in [0, 0.1) is 5.82 Å². The molecule has 1 heterocycles. The van der Waals surface area contributed by atoms with E-state index in [1.165, 1.54) is 12.1 Å². The average molecular weight is 210 g/mol. The fourth-order valence-corrected chi connectivity index (χ4v) is 1.93. The predicted octanol–water partition coefficient (Wildman–Crippen LogP) is 2.90. The molecule has 15 heavy (non-hydrogen) atoms. The van der Waals surface area contributed by atoms with Crippen molar-refractivity contribution in [1.29, 1.82) is 0 Å². The lowest BCUT2D eigenvalue weighted by atomic mass is 10.1. The van der Waals surface area contributed by atoms with Gasteiger partial charge in [0.25, 0.3) is 0 Å². The van der Waals surface area contributed by atoms with Crippen molar-refractivity contribution in [3.8, 4) is 5.75 Å². The number of fused-ring (bicyclic) bond motifs is 1. The Labute approximate surface area is 89.0 Å². The fourth-order valence-electron chi connectivity index (χ4n) is 1.93. The summed E-state index contributed by atoms with van der Waals surface area (Å²) in [6, 6.07) is 4.58. The molecule has 3 heteroatoms. The molecule has 2 rings (SSSR count). The second-order valence-electron chi connectivity index (χ2n) is 4.39. The molecule has 0 N–H and O–H groups in total. The van der Waals surface area contributed by atoms with E-state index in [1.807, 2.05) is 20.8 Å². The molecule has 0 radical (unpaired) electrons. The van der Waals surface area contributed by atoms with E-state index in [9.17, 15) is 4.39 Å². The van der Waals surface area contributed by atoms with E-state index in [0.29, 0.717) is 12.2 Å². The highest BCUT2D eigenvalue weighted by molar-refractivity contribution is 5.35. The molecule has 0 fully saturated rings. The van der Waals surface area contributed by atoms with Crippen LogP contribution in [-0.4, -0.2) is 11.9 Å². The van der Waals surface area contributed by atoms with Gasteiger partial charge in [-0.3, -0.25) is 0 Å². The number of hydrogen-bond acceptors (Lipinski definition) is 2. The van der Waals surface area contributed by atoms with Crippen molar-refractivity contribution in [3.05, 3.63) is 29.6 Å². The number of halogens is 1. The summed E-state index contributed by atoms with van der Waals surface area (Å²) in [6.45, 7) is 5.69. The summed E-state index contributed by atoms with van der Waals surface area (Å²) in [5.74, 6) is -0.169. The zero-order valence-electron chi connectivity index (χ0n) is 9.21. The SMILES string of the molecule is CC1Cc2cc(F)ccc2OC(C)(C)O1. The van der Waals surface area contributed by atoms with Crippen LogP contribution in [-0.2, 0) is 11.2 Å². The van der Waals surface area contributed by atoms with Crippen LogP contribution in [0.25, 0.3) is 0 Å². The van der Waals surface area contributed by atoms with Crippen LogP contribution in [0.4, 0.5) is 4.39 Å². The highest BCUT2D eigenvalue weighted by atomic mass is 19.1. The van der Waals surface area contributed by atoms with Crippen LogP contribution in [0.5, 0.6) is 5.75 Å². The van der Waals surface area contributed by atoms with Crippen LogP contribution in [0.1, 0.15) is 26.3 Å². The highest BCUT2D eigenvalue weighted by Crippen LogP contribution is 2.30. The normalized spacial score (nSPS) is 23.9. The van der Waals surface area contributed by atoms with Gasteiger partial charge in [0.2, 0.25) is 5.79 Å². The molecule has 1 unspecified atom stereocenters. The molecule has 1 aliphatic rings. The second kappa shape index (κ2) is 3.49. The average Bonchev–Trinajstić information content (AvgIpc) is 2.18. The Morgan fingerprint density at radius 2 is 2.13 bits per heavy atom. The summed E-state index contributed by atoms with van der Waals surface area (Å²) in [6.07, 6.45) is 0.708. The van der Waals surface area contributed by atoms with Gasteiger partial charge in [-0.2, -0.15) is 0 Å². The molecule has 1 aromatic rings. The molecular weight excluding hydrogens is 195 g/mol. The lowest BCUT2D eigenvalue weighted by Gasteiger charge is -2.26. The number of ether oxygens (including phenoxy) is 2. The first-order chi connectivity index (χ1) is 6.96. The van der Waals surface area contributed by atoms with Gasteiger partial charge in [0.1, 0.15) is 11.6 Å². The molecule has 1 atom stereocenters. The first-order valence-electron chi connectivity index (χ1n) is 5.11. The monoisotopic (exact) mass is 210 g/mol. The zero-order chi connectivity index (χ0) is 11.1. The number of benzene rings is 1. The van der Waals surface area contributed by atoms with Gasteiger partial charge in [-0.05, 0) is 30.7 Å². The molecule has 2 nitrogen and oxygen atoms in total. The van der Waals surface area contributed by atoms with Gasteiger partial charge >= 0.3 is 0 Å². The molecule has 0 spiro atoms. The first kappa shape index (κ1) is 10.4. The maximum absolute atomic E-state index is 13.1. The van der Waals surface area contributed by atoms with Crippen molar-refractivity contribution in [2.24, 2.45) is 0 Å². The Morgan fingerprint density at radius 3 is 2.87 bits per heavy atom. The topological polar surface area (TPSA) is 18.5 Å². The molecule has 0 aliphatic carbocycles. The lowest BCUT2D eigenvalue weighted by Crippen LogP contribution is -2.33. The van der Waals surface area contributed by atoms with E-state index in [0.717, 1.165) is 5.56 Å². The third-order valence-electron chi connectivity index (χ3n) is 2.37. The van der Waals surface area contributed by atoms with Gasteiger partial charge in [-0.15, -0.1) is 0 Å². The van der Waals surface area contributed by atoms with E-state index in [2.05, 4.69) is 0 Å². The fraction of sp³-hybridized carbons (Fsp3) is 0.500. The molecule has 0 saturated carbocycles. The largest absolute Gasteiger partial charge is 0.463 e. The minimum atomic E-state index is -0.650. The lowest BCUT2D eigenvalue weighted by molar-refractivity contribution is -0.176. The van der Waals surface area contributed by atoms with E-state index >= 15 is 0 Å². The molecule has 0 bridgehead atoms. The molecule has 1 aromatic carbocycles. The minimum absolute atomic E-state index is 0.0306. The Kier molecular flexibility index (Phi) is 2.43. The summed E-state index contributed by atoms with van der Waals surface area (Å²) < 4.78 is 24.4. The van der Waals surface area contributed by atoms with Crippen molar-refractivity contribution in [1.82, 2.24) is 0 Å². The van der Waals surface area contributed by atoms with Gasteiger partial charge in [-0.25, -0.2) is 4.39 Å². The van der Waals surface area contributed by atoms with Crippen LogP contribution < -0.4 is 4.74 Å². The zero-order valence-corrected chi connectivity index (χ0v) is 9.21. The number of hydrogen-bond donors (Lipinski definition) is 0. The quantitative estimate of drug-likeness (QED) is 0.655. The standard InChI is InChI=1S/C12H15FO2/c1-8-6-9-7-10(13)4-5-11(9)15-12(2,3)14-8/h4-5,7-8H,6H2,1-3H3. The van der Waals surface area contributed by atoms with E-state index in [4.69, 9.17) is 9.47 Å². The molecule has 0 amide bonds. The molecule has 0 saturated heterocycles. The molecule has 82 valence electrons. The van der Waals surface area contributed by atoms with Crippen LogP contribution in [0.2, 0.25) is 0 Å². The summed E-state index contributed by atoms with van der Waals surface area (Å²) in [7, 11) is 0. The van der Waals surface area contributed by atoms with Crippen molar-refractivity contribution in [3.63, 3.8) is 0 Å². The summed E-state index contributed by atoms with van der Waals surface area (Å²) in [5, 5.41) is 0. The summed E-state index contributed by atoms with van der Waals surface area (Å²) in [4.78, 5) is 0.